The fourth-order valence-electron chi connectivity index (χ4n) is 2.06. The van der Waals surface area contributed by atoms with Crippen molar-refractivity contribution in [3.05, 3.63) is 59.4 Å². The highest BCUT2D eigenvalue weighted by molar-refractivity contribution is 5.31. The fourth-order valence-corrected chi connectivity index (χ4v) is 2.06. The molecule has 0 spiro atoms. The molecule has 2 rings (SSSR count). The van der Waals surface area contributed by atoms with E-state index in [0.717, 1.165) is 17.9 Å². The van der Waals surface area contributed by atoms with Gasteiger partial charge in [0.1, 0.15) is 17.5 Å². The first-order valence-electron chi connectivity index (χ1n) is 6.38. The van der Waals surface area contributed by atoms with Gasteiger partial charge >= 0.3 is 0 Å². The smallest absolute Gasteiger partial charge is 0.144 e. The lowest BCUT2D eigenvalue weighted by Gasteiger charge is -2.17. The predicted octanol–water partition coefficient (Wildman–Crippen LogP) is 2.59. The second-order valence-corrected chi connectivity index (χ2v) is 4.64. The lowest BCUT2D eigenvalue weighted by atomic mass is 10.1. The number of rotatable bonds is 5. The maximum Gasteiger partial charge on any atom is 0.144 e. The van der Waals surface area contributed by atoms with Gasteiger partial charge in [-0.3, -0.25) is 4.90 Å². The predicted molar refractivity (Wildman–Crippen MR) is 77.1 cm³/mol. The van der Waals surface area contributed by atoms with Crippen molar-refractivity contribution in [2.75, 3.05) is 14.2 Å². The molecule has 1 heterocycles. The minimum Gasteiger partial charge on any atom is -0.497 e. The van der Waals surface area contributed by atoms with Crippen LogP contribution in [0.25, 0.3) is 0 Å². The van der Waals surface area contributed by atoms with Crippen LogP contribution in [-0.2, 0) is 13.1 Å². The van der Waals surface area contributed by atoms with Gasteiger partial charge in [-0.25, -0.2) is 4.98 Å². The van der Waals surface area contributed by atoms with Gasteiger partial charge in [0.05, 0.1) is 7.11 Å². The molecule has 0 radical (unpaired) electrons. The summed E-state index contributed by atoms with van der Waals surface area (Å²) in [5.41, 5.74) is 2.65. The SMILES string of the molecule is COc1ccc(CN(C)Cc2cccnc2C#N)cc1. The molecule has 4 heteroatoms. The molecule has 0 aliphatic heterocycles. The van der Waals surface area contributed by atoms with E-state index in [0.29, 0.717) is 12.2 Å². The van der Waals surface area contributed by atoms with E-state index >= 15 is 0 Å². The van der Waals surface area contributed by atoms with Crippen molar-refractivity contribution in [1.29, 1.82) is 5.26 Å². The number of nitrogens with zero attached hydrogens (tertiary/aromatic N) is 3. The number of hydrogen-bond acceptors (Lipinski definition) is 4. The van der Waals surface area contributed by atoms with E-state index in [9.17, 15) is 0 Å². The first kappa shape index (κ1) is 14.0. The first-order chi connectivity index (χ1) is 9.72. The topological polar surface area (TPSA) is 49.1 Å². The molecule has 0 unspecified atom stereocenters. The fraction of sp³-hybridized carbons (Fsp3) is 0.250. The van der Waals surface area contributed by atoms with E-state index in [1.54, 1.807) is 13.3 Å². The minimum absolute atomic E-state index is 0.495. The molecule has 0 atom stereocenters. The molecule has 0 saturated heterocycles. The first-order valence-corrected chi connectivity index (χ1v) is 6.38. The molecule has 0 amide bonds. The van der Waals surface area contributed by atoms with Gasteiger partial charge < -0.3 is 4.74 Å². The van der Waals surface area contributed by atoms with Crippen LogP contribution in [0, 0.1) is 11.3 Å². The molecular formula is C16H17N3O. The van der Waals surface area contributed by atoms with Crippen molar-refractivity contribution >= 4 is 0 Å². The Hall–Kier alpha value is -2.38. The zero-order valence-electron chi connectivity index (χ0n) is 11.7. The van der Waals surface area contributed by atoms with Crippen LogP contribution in [0.2, 0.25) is 0 Å². The molecule has 102 valence electrons. The van der Waals surface area contributed by atoms with Crippen LogP contribution in [0.1, 0.15) is 16.8 Å². The van der Waals surface area contributed by atoms with Crippen molar-refractivity contribution in [2.45, 2.75) is 13.1 Å². The minimum atomic E-state index is 0.495. The second-order valence-electron chi connectivity index (χ2n) is 4.64. The third-order valence-electron chi connectivity index (χ3n) is 3.05. The summed E-state index contributed by atoms with van der Waals surface area (Å²) in [6, 6.07) is 13.9. The second kappa shape index (κ2) is 6.69. The van der Waals surface area contributed by atoms with Crippen molar-refractivity contribution in [2.24, 2.45) is 0 Å². The highest BCUT2D eigenvalue weighted by atomic mass is 16.5. The lowest BCUT2D eigenvalue weighted by Crippen LogP contribution is -2.18. The lowest BCUT2D eigenvalue weighted by molar-refractivity contribution is 0.318. The van der Waals surface area contributed by atoms with Crippen LogP contribution in [-0.4, -0.2) is 24.0 Å². The van der Waals surface area contributed by atoms with Crippen molar-refractivity contribution < 1.29 is 4.74 Å². The Bertz CT molecular complexity index is 602. The zero-order valence-corrected chi connectivity index (χ0v) is 11.7. The quantitative estimate of drug-likeness (QED) is 0.835. The highest BCUT2D eigenvalue weighted by Crippen LogP contribution is 2.14. The van der Waals surface area contributed by atoms with E-state index in [4.69, 9.17) is 10.00 Å². The van der Waals surface area contributed by atoms with Gasteiger partial charge in [0.2, 0.25) is 0 Å². The van der Waals surface area contributed by atoms with Crippen molar-refractivity contribution in [3.8, 4) is 11.8 Å². The molecule has 0 bridgehead atoms. The van der Waals surface area contributed by atoms with Crippen molar-refractivity contribution in [3.63, 3.8) is 0 Å². The Labute approximate surface area is 119 Å². The summed E-state index contributed by atoms with van der Waals surface area (Å²) in [5, 5.41) is 9.03. The summed E-state index contributed by atoms with van der Waals surface area (Å²) in [6.45, 7) is 1.51. The van der Waals surface area contributed by atoms with Crippen LogP contribution >= 0.6 is 0 Å². The molecule has 0 N–H and O–H groups in total. The molecule has 20 heavy (non-hydrogen) atoms. The number of pyridine rings is 1. The van der Waals surface area contributed by atoms with Crippen LogP contribution in [0.5, 0.6) is 5.75 Å². The number of aromatic nitrogens is 1. The van der Waals surface area contributed by atoms with Gasteiger partial charge in [0.15, 0.2) is 0 Å². The number of ether oxygens (including phenoxy) is 1. The molecule has 0 aliphatic rings. The van der Waals surface area contributed by atoms with Crippen molar-refractivity contribution in [1.82, 2.24) is 9.88 Å². The molecule has 4 nitrogen and oxygen atoms in total. The number of nitriles is 1. The summed E-state index contributed by atoms with van der Waals surface area (Å²) in [7, 11) is 3.69. The molecule has 0 saturated carbocycles. The van der Waals surface area contributed by atoms with Crippen LogP contribution in [0.3, 0.4) is 0 Å². The van der Waals surface area contributed by atoms with Gasteiger partial charge in [0.25, 0.3) is 0 Å². The highest BCUT2D eigenvalue weighted by Gasteiger charge is 2.06. The molecule has 1 aromatic carbocycles. The average molecular weight is 267 g/mol. The molecule has 0 aliphatic carbocycles. The Balaban J connectivity index is 2.01. The van der Waals surface area contributed by atoms with Gasteiger partial charge in [-0.15, -0.1) is 0 Å². The Morgan fingerprint density at radius 2 is 1.95 bits per heavy atom. The monoisotopic (exact) mass is 267 g/mol. The summed E-state index contributed by atoms with van der Waals surface area (Å²) < 4.78 is 5.14. The van der Waals surface area contributed by atoms with Gasteiger partial charge in [0, 0.05) is 24.8 Å². The third-order valence-corrected chi connectivity index (χ3v) is 3.05. The van der Waals surface area contributed by atoms with E-state index in [1.807, 2.05) is 43.4 Å². The van der Waals surface area contributed by atoms with E-state index in [2.05, 4.69) is 16.0 Å². The average Bonchev–Trinajstić information content (AvgIpc) is 2.48. The number of hydrogen-bond donors (Lipinski definition) is 0. The number of benzene rings is 1. The van der Waals surface area contributed by atoms with E-state index in [-0.39, 0.29) is 0 Å². The summed E-state index contributed by atoms with van der Waals surface area (Å²) >= 11 is 0. The maximum atomic E-state index is 9.03. The molecule has 1 aromatic heterocycles. The summed E-state index contributed by atoms with van der Waals surface area (Å²) in [6.07, 6.45) is 1.64. The summed E-state index contributed by atoms with van der Waals surface area (Å²) in [5.74, 6) is 0.857. The number of methoxy groups -OCH3 is 1. The standard InChI is InChI=1S/C16H17N3O/c1-19(11-13-5-7-15(20-2)8-6-13)12-14-4-3-9-18-16(14)10-17/h3-9H,11-12H2,1-2H3. The van der Waals surface area contributed by atoms with Gasteiger partial charge in [-0.05, 0) is 30.8 Å². The van der Waals surface area contributed by atoms with Crippen LogP contribution < -0.4 is 4.74 Å². The van der Waals surface area contributed by atoms with Gasteiger partial charge in [-0.2, -0.15) is 5.26 Å². The zero-order chi connectivity index (χ0) is 14.4. The van der Waals surface area contributed by atoms with Crippen LogP contribution in [0.15, 0.2) is 42.6 Å². The molecule has 2 aromatic rings. The normalized spacial score (nSPS) is 10.3. The Kier molecular flexibility index (Phi) is 4.70. The summed E-state index contributed by atoms with van der Waals surface area (Å²) in [4.78, 5) is 6.23. The van der Waals surface area contributed by atoms with E-state index < -0.39 is 0 Å². The molecule has 0 fully saturated rings. The van der Waals surface area contributed by atoms with E-state index in [1.165, 1.54) is 5.56 Å². The molecular weight excluding hydrogens is 250 g/mol. The Morgan fingerprint density at radius 1 is 1.20 bits per heavy atom. The largest absolute Gasteiger partial charge is 0.497 e. The maximum absolute atomic E-state index is 9.03. The van der Waals surface area contributed by atoms with Crippen LogP contribution in [0.4, 0.5) is 0 Å². The Morgan fingerprint density at radius 3 is 2.60 bits per heavy atom. The van der Waals surface area contributed by atoms with Gasteiger partial charge in [-0.1, -0.05) is 18.2 Å². The third kappa shape index (κ3) is 3.56.